The third kappa shape index (κ3) is 3.35. The van der Waals surface area contributed by atoms with Gasteiger partial charge in [0.2, 0.25) is 11.8 Å². The van der Waals surface area contributed by atoms with Gasteiger partial charge >= 0.3 is 5.97 Å². The molecule has 0 saturated carbocycles. The molecule has 0 atom stereocenters. The lowest BCUT2D eigenvalue weighted by Crippen LogP contribution is -2.41. The predicted octanol–water partition coefficient (Wildman–Crippen LogP) is -0.807. The zero-order valence-electron chi connectivity index (χ0n) is 11.0. The molecule has 0 saturated heterocycles. The van der Waals surface area contributed by atoms with Gasteiger partial charge in [-0.1, -0.05) is 6.07 Å². The maximum Gasteiger partial charge on any atom is 0.323 e. The number of benzene rings is 1. The quantitative estimate of drug-likeness (QED) is 0.653. The summed E-state index contributed by atoms with van der Waals surface area (Å²) in [5, 5.41) is 11.4. The molecule has 1 aliphatic heterocycles. The standard InChI is InChI=1S/C13H13N3O5/c14-10(17)5-16(6-12(19)20)13(21)8-2-1-7-4-11(18)15-9(7)3-8/h1-3H,4-6H2,(H2,14,17)(H,15,18)(H,19,20). The Morgan fingerprint density at radius 2 is 2.00 bits per heavy atom. The summed E-state index contributed by atoms with van der Waals surface area (Å²) in [7, 11) is 0. The number of carbonyl (C=O) groups is 4. The molecule has 0 fully saturated rings. The molecule has 2 rings (SSSR count). The van der Waals surface area contributed by atoms with Crippen molar-refractivity contribution < 1.29 is 24.3 Å². The fourth-order valence-corrected chi connectivity index (χ4v) is 2.08. The second-order valence-electron chi connectivity index (χ2n) is 4.62. The number of nitrogens with one attached hydrogen (secondary N) is 1. The number of rotatable bonds is 5. The smallest absolute Gasteiger partial charge is 0.323 e. The van der Waals surface area contributed by atoms with E-state index in [1.807, 2.05) is 0 Å². The molecule has 0 spiro atoms. The van der Waals surface area contributed by atoms with Gasteiger partial charge in [-0.05, 0) is 17.7 Å². The summed E-state index contributed by atoms with van der Waals surface area (Å²) in [4.78, 5) is 46.0. The lowest BCUT2D eigenvalue weighted by Gasteiger charge is -2.19. The minimum Gasteiger partial charge on any atom is -0.480 e. The Labute approximate surface area is 119 Å². The number of carbonyl (C=O) groups excluding carboxylic acids is 3. The van der Waals surface area contributed by atoms with Gasteiger partial charge in [0.25, 0.3) is 5.91 Å². The summed E-state index contributed by atoms with van der Waals surface area (Å²) in [6.07, 6.45) is 0.240. The number of nitrogens with two attached hydrogens (primary N) is 1. The highest BCUT2D eigenvalue weighted by Crippen LogP contribution is 2.24. The zero-order chi connectivity index (χ0) is 15.6. The van der Waals surface area contributed by atoms with Crippen LogP contribution in [0.25, 0.3) is 0 Å². The van der Waals surface area contributed by atoms with E-state index in [-0.39, 0.29) is 17.9 Å². The number of anilines is 1. The summed E-state index contributed by atoms with van der Waals surface area (Å²) in [6.45, 7) is -1.13. The van der Waals surface area contributed by atoms with E-state index in [0.29, 0.717) is 5.69 Å². The molecule has 0 aliphatic carbocycles. The number of nitrogens with zero attached hydrogens (tertiary/aromatic N) is 1. The number of hydrogen-bond donors (Lipinski definition) is 3. The highest BCUT2D eigenvalue weighted by Gasteiger charge is 2.23. The van der Waals surface area contributed by atoms with Gasteiger partial charge in [-0.25, -0.2) is 0 Å². The molecular formula is C13H13N3O5. The molecule has 8 heteroatoms. The van der Waals surface area contributed by atoms with Gasteiger partial charge < -0.3 is 21.1 Å². The van der Waals surface area contributed by atoms with Crippen molar-refractivity contribution in [3.63, 3.8) is 0 Å². The minimum atomic E-state index is -1.25. The van der Waals surface area contributed by atoms with Crippen LogP contribution < -0.4 is 11.1 Å². The van der Waals surface area contributed by atoms with E-state index < -0.39 is 30.9 Å². The average Bonchev–Trinajstić information content (AvgIpc) is 2.74. The maximum atomic E-state index is 12.2. The van der Waals surface area contributed by atoms with Crippen LogP contribution in [0.1, 0.15) is 15.9 Å². The molecule has 1 aromatic rings. The third-order valence-electron chi connectivity index (χ3n) is 2.94. The first-order valence-electron chi connectivity index (χ1n) is 6.09. The first-order valence-corrected chi connectivity index (χ1v) is 6.09. The van der Waals surface area contributed by atoms with Crippen molar-refractivity contribution in [2.45, 2.75) is 6.42 Å². The van der Waals surface area contributed by atoms with Crippen LogP contribution in [0.15, 0.2) is 18.2 Å². The predicted molar refractivity (Wildman–Crippen MR) is 71.5 cm³/mol. The van der Waals surface area contributed by atoms with E-state index in [1.54, 1.807) is 6.07 Å². The molecule has 3 amide bonds. The highest BCUT2D eigenvalue weighted by atomic mass is 16.4. The second kappa shape index (κ2) is 5.61. The van der Waals surface area contributed by atoms with Gasteiger partial charge in [0.15, 0.2) is 0 Å². The van der Waals surface area contributed by atoms with Gasteiger partial charge in [0.1, 0.15) is 13.1 Å². The van der Waals surface area contributed by atoms with E-state index >= 15 is 0 Å². The lowest BCUT2D eigenvalue weighted by atomic mass is 10.1. The van der Waals surface area contributed by atoms with Crippen LogP contribution in [-0.2, 0) is 20.8 Å². The molecule has 4 N–H and O–H groups in total. The Morgan fingerprint density at radius 3 is 2.62 bits per heavy atom. The Balaban J connectivity index is 2.24. The van der Waals surface area contributed by atoms with Crippen molar-refractivity contribution in [3.8, 4) is 0 Å². The highest BCUT2D eigenvalue weighted by molar-refractivity contribution is 6.03. The van der Waals surface area contributed by atoms with E-state index in [2.05, 4.69) is 5.32 Å². The van der Waals surface area contributed by atoms with Gasteiger partial charge in [-0.15, -0.1) is 0 Å². The minimum absolute atomic E-state index is 0.172. The largest absolute Gasteiger partial charge is 0.480 e. The summed E-state index contributed by atoms with van der Waals surface area (Å²) >= 11 is 0. The number of carboxylic acid groups (broad SMARTS) is 1. The van der Waals surface area contributed by atoms with Gasteiger partial charge in [0, 0.05) is 11.3 Å². The van der Waals surface area contributed by atoms with Gasteiger partial charge in [-0.2, -0.15) is 0 Å². The number of carboxylic acids is 1. The molecular weight excluding hydrogens is 278 g/mol. The Hall–Kier alpha value is -2.90. The summed E-state index contributed by atoms with van der Waals surface area (Å²) in [5.74, 6) is -2.87. The molecule has 8 nitrogen and oxygen atoms in total. The molecule has 21 heavy (non-hydrogen) atoms. The van der Waals surface area contributed by atoms with Crippen LogP contribution in [0.4, 0.5) is 5.69 Å². The SMILES string of the molecule is NC(=O)CN(CC(=O)O)C(=O)c1ccc2c(c1)NC(=O)C2. The first-order chi connectivity index (χ1) is 9.86. The first kappa shape index (κ1) is 14.5. The Morgan fingerprint density at radius 1 is 1.29 bits per heavy atom. The van der Waals surface area contributed by atoms with E-state index in [4.69, 9.17) is 10.8 Å². The van der Waals surface area contributed by atoms with Crippen molar-refractivity contribution in [2.24, 2.45) is 5.73 Å². The second-order valence-corrected chi connectivity index (χ2v) is 4.62. The zero-order valence-corrected chi connectivity index (χ0v) is 11.0. The fourth-order valence-electron chi connectivity index (χ4n) is 2.08. The molecule has 0 radical (unpaired) electrons. The molecule has 0 unspecified atom stereocenters. The third-order valence-corrected chi connectivity index (χ3v) is 2.94. The topological polar surface area (TPSA) is 130 Å². The van der Waals surface area contributed by atoms with Crippen molar-refractivity contribution in [1.82, 2.24) is 4.90 Å². The fraction of sp³-hybridized carbons (Fsp3) is 0.231. The number of aliphatic carboxylic acids is 1. The van der Waals surface area contributed by atoms with E-state index in [0.717, 1.165) is 10.5 Å². The van der Waals surface area contributed by atoms with Crippen LogP contribution in [0.2, 0.25) is 0 Å². The number of primary amides is 1. The van der Waals surface area contributed by atoms with Crippen molar-refractivity contribution in [2.75, 3.05) is 18.4 Å². The van der Waals surface area contributed by atoms with E-state index in [1.165, 1.54) is 12.1 Å². The number of hydrogen-bond acceptors (Lipinski definition) is 4. The van der Waals surface area contributed by atoms with Crippen LogP contribution in [0, 0.1) is 0 Å². The van der Waals surface area contributed by atoms with Crippen molar-refractivity contribution in [3.05, 3.63) is 29.3 Å². The molecule has 0 bridgehead atoms. The summed E-state index contributed by atoms with van der Waals surface area (Å²) in [5.41, 5.74) is 6.46. The Kier molecular flexibility index (Phi) is 3.88. The van der Waals surface area contributed by atoms with Crippen LogP contribution in [0.5, 0.6) is 0 Å². The number of fused-ring (bicyclic) bond motifs is 1. The molecule has 110 valence electrons. The van der Waals surface area contributed by atoms with Gasteiger partial charge in [0.05, 0.1) is 6.42 Å². The molecule has 1 aromatic carbocycles. The van der Waals surface area contributed by atoms with Crippen LogP contribution in [0.3, 0.4) is 0 Å². The van der Waals surface area contributed by atoms with Crippen molar-refractivity contribution >= 4 is 29.4 Å². The van der Waals surface area contributed by atoms with Gasteiger partial charge in [-0.3, -0.25) is 19.2 Å². The van der Waals surface area contributed by atoms with Crippen molar-refractivity contribution in [1.29, 1.82) is 0 Å². The number of amides is 3. The summed E-state index contributed by atoms with van der Waals surface area (Å²) in [6, 6.07) is 4.55. The molecule has 1 aliphatic rings. The average molecular weight is 291 g/mol. The monoisotopic (exact) mass is 291 g/mol. The normalized spacial score (nSPS) is 12.5. The lowest BCUT2D eigenvalue weighted by molar-refractivity contribution is -0.138. The van der Waals surface area contributed by atoms with E-state index in [9.17, 15) is 19.2 Å². The van der Waals surface area contributed by atoms with Crippen LogP contribution >= 0.6 is 0 Å². The molecule has 0 aromatic heterocycles. The van der Waals surface area contributed by atoms with Crippen LogP contribution in [-0.4, -0.2) is 46.8 Å². The Bertz CT molecular complexity index is 625. The maximum absolute atomic E-state index is 12.2. The molecule has 1 heterocycles. The summed E-state index contributed by atoms with van der Waals surface area (Å²) < 4.78 is 0.